The van der Waals surface area contributed by atoms with Crippen molar-refractivity contribution in [3.05, 3.63) is 28.8 Å². The van der Waals surface area contributed by atoms with Crippen LogP contribution in [0.15, 0.2) is 18.2 Å². The van der Waals surface area contributed by atoms with Gasteiger partial charge in [-0.15, -0.1) is 0 Å². The van der Waals surface area contributed by atoms with Crippen LogP contribution in [0.1, 0.15) is 33.3 Å². The molecular weight excluding hydrogens is 246 g/mol. The van der Waals surface area contributed by atoms with Crippen LogP contribution >= 0.6 is 11.6 Å². The van der Waals surface area contributed by atoms with Gasteiger partial charge >= 0.3 is 0 Å². The molecule has 0 amide bonds. The smallest absolute Gasteiger partial charge is 0.137 e. The molecule has 18 heavy (non-hydrogen) atoms. The molecule has 0 aliphatic carbocycles. The van der Waals surface area contributed by atoms with E-state index in [0.717, 1.165) is 18.8 Å². The number of nitrogens with one attached hydrogen (secondary N) is 1. The summed E-state index contributed by atoms with van der Waals surface area (Å²) in [5.41, 5.74) is 1.52. The van der Waals surface area contributed by atoms with E-state index < -0.39 is 0 Å². The Balaban J connectivity index is 2.47. The van der Waals surface area contributed by atoms with Gasteiger partial charge in [0.05, 0.1) is 12.1 Å². The van der Waals surface area contributed by atoms with Crippen molar-refractivity contribution in [3.63, 3.8) is 0 Å². The summed E-state index contributed by atoms with van der Waals surface area (Å²) < 4.78 is 5.13. The molecule has 1 unspecified atom stereocenters. The summed E-state index contributed by atoms with van der Waals surface area (Å²) in [6, 6.07) is 5.90. The lowest BCUT2D eigenvalue weighted by Crippen LogP contribution is -2.29. The monoisotopic (exact) mass is 269 g/mol. The van der Waals surface area contributed by atoms with E-state index in [2.05, 4.69) is 33.0 Å². The fourth-order valence-corrected chi connectivity index (χ4v) is 1.84. The van der Waals surface area contributed by atoms with Crippen LogP contribution in [-0.4, -0.2) is 13.7 Å². The normalized spacial score (nSPS) is 13.4. The predicted molar refractivity (Wildman–Crippen MR) is 78.3 cm³/mol. The van der Waals surface area contributed by atoms with Gasteiger partial charge in [0.2, 0.25) is 0 Å². The maximum Gasteiger partial charge on any atom is 0.137 e. The van der Waals surface area contributed by atoms with Gasteiger partial charge in [0.1, 0.15) is 5.75 Å². The molecule has 1 N–H and O–H groups in total. The fourth-order valence-electron chi connectivity index (χ4n) is 1.56. The summed E-state index contributed by atoms with van der Waals surface area (Å²) in [6.07, 6.45) is 0. The SMILES string of the molecule is COc1ccc(CNCC(C)C(C)(C)C)cc1Cl. The maximum absolute atomic E-state index is 6.09. The van der Waals surface area contributed by atoms with E-state index in [1.165, 1.54) is 5.56 Å². The molecule has 0 radical (unpaired) electrons. The molecule has 0 aliphatic rings. The van der Waals surface area contributed by atoms with Crippen LogP contribution in [-0.2, 0) is 6.54 Å². The van der Waals surface area contributed by atoms with E-state index in [-0.39, 0.29) is 0 Å². The number of hydrogen-bond donors (Lipinski definition) is 1. The molecule has 0 saturated carbocycles. The lowest BCUT2D eigenvalue weighted by Gasteiger charge is -2.27. The highest BCUT2D eigenvalue weighted by Gasteiger charge is 2.19. The topological polar surface area (TPSA) is 21.3 Å². The molecule has 0 saturated heterocycles. The van der Waals surface area contributed by atoms with Crippen molar-refractivity contribution < 1.29 is 4.74 Å². The first-order valence-corrected chi connectivity index (χ1v) is 6.75. The largest absolute Gasteiger partial charge is 0.495 e. The zero-order chi connectivity index (χ0) is 13.8. The number of ether oxygens (including phenoxy) is 1. The van der Waals surface area contributed by atoms with Crippen molar-refractivity contribution in [1.82, 2.24) is 5.32 Å². The van der Waals surface area contributed by atoms with Crippen LogP contribution in [0.25, 0.3) is 0 Å². The van der Waals surface area contributed by atoms with E-state index in [0.29, 0.717) is 16.4 Å². The van der Waals surface area contributed by atoms with Crippen LogP contribution in [0.2, 0.25) is 5.02 Å². The van der Waals surface area contributed by atoms with Gasteiger partial charge in [-0.05, 0) is 35.6 Å². The van der Waals surface area contributed by atoms with Gasteiger partial charge in [-0.25, -0.2) is 0 Å². The van der Waals surface area contributed by atoms with Gasteiger partial charge in [-0.2, -0.15) is 0 Å². The summed E-state index contributed by atoms with van der Waals surface area (Å²) in [5.74, 6) is 1.36. The Morgan fingerprint density at radius 1 is 1.33 bits per heavy atom. The molecule has 0 aliphatic heterocycles. The van der Waals surface area contributed by atoms with E-state index in [4.69, 9.17) is 16.3 Å². The van der Waals surface area contributed by atoms with E-state index >= 15 is 0 Å². The minimum Gasteiger partial charge on any atom is -0.495 e. The second-order valence-electron chi connectivity index (χ2n) is 5.87. The summed E-state index contributed by atoms with van der Waals surface area (Å²) >= 11 is 6.09. The second kappa shape index (κ2) is 6.44. The minimum atomic E-state index is 0.338. The number of halogens is 1. The maximum atomic E-state index is 6.09. The van der Waals surface area contributed by atoms with Gasteiger partial charge < -0.3 is 10.1 Å². The standard InChI is InChI=1S/C15H24ClNO/c1-11(15(2,3)4)9-17-10-12-6-7-14(18-5)13(16)8-12/h6-8,11,17H,9-10H2,1-5H3. The highest BCUT2D eigenvalue weighted by molar-refractivity contribution is 6.32. The molecule has 102 valence electrons. The third-order valence-corrected chi connectivity index (χ3v) is 3.77. The summed E-state index contributed by atoms with van der Waals surface area (Å²) in [6.45, 7) is 10.9. The van der Waals surface area contributed by atoms with Gasteiger partial charge in [-0.3, -0.25) is 0 Å². The zero-order valence-electron chi connectivity index (χ0n) is 12.0. The van der Waals surface area contributed by atoms with Crippen LogP contribution in [0.4, 0.5) is 0 Å². The van der Waals surface area contributed by atoms with Crippen molar-refractivity contribution in [2.45, 2.75) is 34.2 Å². The first-order valence-electron chi connectivity index (χ1n) is 6.37. The molecule has 0 fully saturated rings. The Morgan fingerprint density at radius 3 is 2.50 bits per heavy atom. The van der Waals surface area contributed by atoms with E-state index in [1.54, 1.807) is 7.11 Å². The van der Waals surface area contributed by atoms with Crippen molar-refractivity contribution in [3.8, 4) is 5.75 Å². The Kier molecular flexibility index (Phi) is 5.48. The Morgan fingerprint density at radius 2 is 2.00 bits per heavy atom. The molecule has 0 bridgehead atoms. The molecule has 2 nitrogen and oxygen atoms in total. The second-order valence-corrected chi connectivity index (χ2v) is 6.27. The lowest BCUT2D eigenvalue weighted by atomic mass is 9.82. The molecule has 1 aromatic carbocycles. The molecule has 1 aromatic rings. The Labute approximate surface area is 116 Å². The van der Waals surface area contributed by atoms with E-state index in [9.17, 15) is 0 Å². The number of methoxy groups -OCH3 is 1. The van der Waals surface area contributed by atoms with Gasteiger partial charge in [0.25, 0.3) is 0 Å². The molecule has 3 heteroatoms. The summed E-state index contributed by atoms with van der Waals surface area (Å²) in [5, 5.41) is 4.14. The van der Waals surface area contributed by atoms with Gasteiger partial charge in [0, 0.05) is 6.54 Å². The average Bonchev–Trinajstić information content (AvgIpc) is 2.28. The number of rotatable bonds is 5. The average molecular weight is 270 g/mol. The Hall–Kier alpha value is -0.730. The quantitative estimate of drug-likeness (QED) is 0.868. The summed E-state index contributed by atoms with van der Waals surface area (Å²) in [7, 11) is 1.63. The van der Waals surface area contributed by atoms with Crippen LogP contribution < -0.4 is 10.1 Å². The van der Waals surface area contributed by atoms with Crippen molar-refractivity contribution in [2.24, 2.45) is 11.3 Å². The lowest BCUT2D eigenvalue weighted by molar-refractivity contribution is 0.252. The molecule has 0 spiro atoms. The number of hydrogen-bond acceptors (Lipinski definition) is 2. The van der Waals surface area contributed by atoms with Crippen LogP contribution in [0.5, 0.6) is 5.75 Å². The fraction of sp³-hybridized carbons (Fsp3) is 0.600. The highest BCUT2D eigenvalue weighted by atomic mass is 35.5. The highest BCUT2D eigenvalue weighted by Crippen LogP contribution is 2.26. The molecule has 1 atom stereocenters. The molecule has 0 aromatic heterocycles. The van der Waals surface area contributed by atoms with Crippen LogP contribution in [0, 0.1) is 11.3 Å². The van der Waals surface area contributed by atoms with Crippen molar-refractivity contribution >= 4 is 11.6 Å². The number of benzene rings is 1. The first kappa shape index (κ1) is 15.3. The van der Waals surface area contributed by atoms with E-state index in [1.807, 2.05) is 18.2 Å². The molecule has 1 rings (SSSR count). The molecule has 0 heterocycles. The third-order valence-electron chi connectivity index (χ3n) is 3.47. The summed E-state index contributed by atoms with van der Waals surface area (Å²) in [4.78, 5) is 0. The molecular formula is C15H24ClNO. The van der Waals surface area contributed by atoms with Gasteiger partial charge in [0.15, 0.2) is 0 Å². The third kappa shape index (κ3) is 4.51. The predicted octanol–water partition coefficient (Wildman–Crippen LogP) is 4.12. The van der Waals surface area contributed by atoms with Crippen LogP contribution in [0.3, 0.4) is 0 Å². The van der Waals surface area contributed by atoms with Gasteiger partial charge in [-0.1, -0.05) is 45.4 Å². The van der Waals surface area contributed by atoms with Crippen molar-refractivity contribution in [2.75, 3.05) is 13.7 Å². The van der Waals surface area contributed by atoms with Crippen molar-refractivity contribution in [1.29, 1.82) is 0 Å². The Bertz CT molecular complexity index is 385. The first-order chi connectivity index (χ1) is 8.34. The zero-order valence-corrected chi connectivity index (χ0v) is 12.8. The minimum absolute atomic E-state index is 0.338.